The van der Waals surface area contributed by atoms with Gasteiger partial charge in [0.2, 0.25) is 0 Å². The fraction of sp³-hybridized carbons (Fsp3) is 0.385. The van der Waals surface area contributed by atoms with Crippen LogP contribution in [0.5, 0.6) is 0 Å². The first-order valence-electron chi connectivity index (χ1n) is 11.8. The third-order valence-electron chi connectivity index (χ3n) is 6.41. The van der Waals surface area contributed by atoms with Crippen LogP contribution in [0, 0.1) is 0 Å². The largest absolute Gasteiger partial charge is 0.469 e. The van der Waals surface area contributed by atoms with Crippen molar-refractivity contribution in [2.45, 2.75) is 31.2 Å². The lowest BCUT2D eigenvalue weighted by Crippen LogP contribution is -2.43. The molecule has 1 atom stereocenters. The third-order valence-corrected chi connectivity index (χ3v) is 7.86. The molecule has 0 spiro atoms. The zero-order valence-corrected chi connectivity index (χ0v) is 20.7. The normalized spacial score (nSPS) is 16.0. The summed E-state index contributed by atoms with van der Waals surface area (Å²) in [7, 11) is -0.473. The Hall–Kier alpha value is -2.81. The second-order valence-electron chi connectivity index (χ2n) is 8.92. The molecule has 1 aliphatic heterocycles. The van der Waals surface area contributed by atoms with Crippen LogP contribution in [-0.4, -0.2) is 52.5 Å². The molecule has 1 unspecified atom stereocenters. The van der Waals surface area contributed by atoms with Crippen LogP contribution in [0.1, 0.15) is 36.5 Å². The van der Waals surface area contributed by atoms with E-state index in [9.17, 15) is 8.42 Å². The number of piperidine rings is 1. The van der Waals surface area contributed by atoms with E-state index in [1.807, 2.05) is 36.4 Å². The molecule has 182 valence electrons. The molecule has 0 bridgehead atoms. The molecule has 2 N–H and O–H groups in total. The lowest BCUT2D eigenvalue weighted by Gasteiger charge is -2.34. The van der Waals surface area contributed by atoms with E-state index in [0.717, 1.165) is 54.6 Å². The van der Waals surface area contributed by atoms with Crippen LogP contribution in [0.25, 0.3) is 0 Å². The zero-order valence-electron chi connectivity index (χ0n) is 19.9. The van der Waals surface area contributed by atoms with Crippen molar-refractivity contribution in [1.82, 2.24) is 9.62 Å². The van der Waals surface area contributed by atoms with Crippen molar-refractivity contribution in [2.75, 3.05) is 43.4 Å². The molecule has 4 rings (SSSR count). The van der Waals surface area contributed by atoms with E-state index in [4.69, 9.17) is 4.42 Å². The maximum atomic E-state index is 12.0. The van der Waals surface area contributed by atoms with Gasteiger partial charge in [-0.1, -0.05) is 30.3 Å². The number of hydrogen-bond acceptors (Lipinski definition) is 5. The smallest absolute Gasteiger partial charge is 0.301 e. The lowest BCUT2D eigenvalue weighted by atomic mass is 9.93. The van der Waals surface area contributed by atoms with Crippen molar-refractivity contribution in [3.8, 4) is 0 Å². The Kier molecular flexibility index (Phi) is 7.92. The van der Waals surface area contributed by atoms with E-state index >= 15 is 0 Å². The Balaban J connectivity index is 1.26. The SMILES string of the molecule is CN(C)S(=O)(=O)Nc1ccc(N2CCC(NCCC(c3ccccc3)c3ccco3)CC2)cc1. The summed E-state index contributed by atoms with van der Waals surface area (Å²) in [6, 6.07) is 22.7. The molecule has 7 nitrogen and oxygen atoms in total. The highest BCUT2D eigenvalue weighted by Crippen LogP contribution is 2.28. The third kappa shape index (κ3) is 6.20. The number of hydrogen-bond donors (Lipinski definition) is 2. The van der Waals surface area contributed by atoms with E-state index in [-0.39, 0.29) is 5.92 Å². The topological polar surface area (TPSA) is 77.8 Å². The molecular weight excluding hydrogens is 448 g/mol. The first-order chi connectivity index (χ1) is 16.4. The van der Waals surface area contributed by atoms with Gasteiger partial charge in [0, 0.05) is 50.5 Å². The van der Waals surface area contributed by atoms with Gasteiger partial charge >= 0.3 is 10.2 Å². The van der Waals surface area contributed by atoms with Crippen LogP contribution in [0.4, 0.5) is 11.4 Å². The van der Waals surface area contributed by atoms with Gasteiger partial charge in [-0.3, -0.25) is 4.72 Å². The highest BCUT2D eigenvalue weighted by Gasteiger charge is 2.21. The summed E-state index contributed by atoms with van der Waals surface area (Å²) in [5.74, 6) is 1.27. The Morgan fingerprint density at radius 3 is 2.32 bits per heavy atom. The van der Waals surface area contributed by atoms with Gasteiger partial charge in [-0.05, 0) is 67.8 Å². The molecule has 3 aromatic rings. The highest BCUT2D eigenvalue weighted by molar-refractivity contribution is 7.90. The fourth-order valence-corrected chi connectivity index (χ4v) is 5.02. The van der Waals surface area contributed by atoms with Gasteiger partial charge < -0.3 is 14.6 Å². The Morgan fingerprint density at radius 2 is 1.71 bits per heavy atom. The number of furan rings is 1. The van der Waals surface area contributed by atoms with E-state index in [1.54, 1.807) is 6.26 Å². The van der Waals surface area contributed by atoms with Crippen LogP contribution in [0.2, 0.25) is 0 Å². The standard InChI is InChI=1S/C26H34N4O3S/c1-29(2)34(31,32)28-23-10-12-24(13-11-23)30-18-15-22(16-19-30)27-17-14-25(26-9-6-20-33-26)21-7-4-3-5-8-21/h3-13,20,22,25,27-28H,14-19H2,1-2H3. The zero-order chi connectivity index (χ0) is 24.0. The van der Waals surface area contributed by atoms with Crippen LogP contribution >= 0.6 is 0 Å². The van der Waals surface area contributed by atoms with Crippen molar-refractivity contribution < 1.29 is 12.8 Å². The number of anilines is 2. The molecule has 2 heterocycles. The summed E-state index contributed by atoms with van der Waals surface area (Å²) < 4.78 is 33.4. The monoisotopic (exact) mass is 482 g/mol. The highest BCUT2D eigenvalue weighted by atomic mass is 32.2. The predicted molar refractivity (Wildman–Crippen MR) is 138 cm³/mol. The van der Waals surface area contributed by atoms with Crippen LogP contribution in [0.3, 0.4) is 0 Å². The molecule has 1 aliphatic rings. The maximum absolute atomic E-state index is 12.0. The molecule has 1 aromatic heterocycles. The van der Waals surface area contributed by atoms with Crippen molar-refractivity contribution in [3.05, 3.63) is 84.3 Å². The van der Waals surface area contributed by atoms with Crippen molar-refractivity contribution in [2.24, 2.45) is 0 Å². The minimum atomic E-state index is -3.49. The Labute approximate surface area is 202 Å². The Bertz CT molecular complexity index is 1110. The van der Waals surface area contributed by atoms with E-state index in [0.29, 0.717) is 11.7 Å². The van der Waals surface area contributed by atoms with Gasteiger partial charge in [-0.2, -0.15) is 12.7 Å². The van der Waals surface area contributed by atoms with Gasteiger partial charge in [0.1, 0.15) is 5.76 Å². The van der Waals surface area contributed by atoms with Gasteiger partial charge in [-0.25, -0.2) is 0 Å². The lowest BCUT2D eigenvalue weighted by molar-refractivity contribution is 0.399. The van der Waals surface area contributed by atoms with Gasteiger partial charge in [-0.15, -0.1) is 0 Å². The number of benzene rings is 2. The molecule has 2 aromatic carbocycles. The average molecular weight is 483 g/mol. The summed E-state index contributed by atoms with van der Waals surface area (Å²) in [5.41, 5.74) is 2.97. The quantitative estimate of drug-likeness (QED) is 0.451. The molecule has 1 saturated heterocycles. The molecule has 0 saturated carbocycles. The first-order valence-corrected chi connectivity index (χ1v) is 13.2. The summed E-state index contributed by atoms with van der Waals surface area (Å²) in [6.07, 6.45) is 4.89. The summed E-state index contributed by atoms with van der Waals surface area (Å²) in [6.45, 7) is 2.88. The predicted octanol–water partition coefficient (Wildman–Crippen LogP) is 4.28. The first kappa shape index (κ1) is 24.3. The fourth-order valence-electron chi connectivity index (χ4n) is 4.40. The van der Waals surface area contributed by atoms with Crippen LogP contribution in [0.15, 0.2) is 77.4 Å². The van der Waals surface area contributed by atoms with Crippen LogP contribution in [-0.2, 0) is 10.2 Å². The summed E-state index contributed by atoms with van der Waals surface area (Å²) in [4.78, 5) is 2.36. The van der Waals surface area contributed by atoms with Gasteiger partial charge in [0.25, 0.3) is 0 Å². The molecule has 0 aliphatic carbocycles. The van der Waals surface area contributed by atoms with E-state index in [1.165, 1.54) is 19.7 Å². The molecule has 34 heavy (non-hydrogen) atoms. The van der Waals surface area contributed by atoms with Crippen LogP contribution < -0.4 is 14.9 Å². The molecular formula is C26H34N4O3S. The van der Waals surface area contributed by atoms with Gasteiger partial charge in [0.05, 0.1) is 6.26 Å². The number of nitrogens with one attached hydrogen (secondary N) is 2. The molecule has 8 heteroatoms. The maximum Gasteiger partial charge on any atom is 0.301 e. The second-order valence-corrected chi connectivity index (χ2v) is 10.8. The minimum absolute atomic E-state index is 0.257. The van der Waals surface area contributed by atoms with Crippen molar-refractivity contribution in [3.63, 3.8) is 0 Å². The summed E-state index contributed by atoms with van der Waals surface area (Å²) in [5, 5.41) is 3.75. The van der Waals surface area contributed by atoms with Gasteiger partial charge in [0.15, 0.2) is 0 Å². The van der Waals surface area contributed by atoms with Crippen molar-refractivity contribution in [1.29, 1.82) is 0 Å². The van der Waals surface area contributed by atoms with Crippen molar-refractivity contribution >= 4 is 21.6 Å². The second kappa shape index (κ2) is 11.1. The minimum Gasteiger partial charge on any atom is -0.469 e. The number of rotatable bonds is 10. The number of nitrogens with zero attached hydrogens (tertiary/aromatic N) is 2. The molecule has 0 amide bonds. The van der Waals surface area contributed by atoms with E-state index < -0.39 is 10.2 Å². The average Bonchev–Trinajstić information content (AvgIpc) is 3.38. The summed E-state index contributed by atoms with van der Waals surface area (Å²) >= 11 is 0. The van der Waals surface area contributed by atoms with E-state index in [2.05, 4.69) is 45.3 Å². The molecule has 0 radical (unpaired) electrons. The Morgan fingerprint density at radius 1 is 1.00 bits per heavy atom. The molecule has 1 fully saturated rings.